The molecule has 2 amide bonds. The number of alkyl halides is 1. The van der Waals surface area contributed by atoms with Crippen molar-refractivity contribution in [2.75, 3.05) is 24.7 Å². The number of amides is 2. The van der Waals surface area contributed by atoms with E-state index in [1.165, 1.54) is 4.90 Å². The lowest BCUT2D eigenvalue weighted by molar-refractivity contribution is -0.155. The van der Waals surface area contributed by atoms with E-state index in [1.54, 1.807) is 42.2 Å². The largest absolute Gasteiger partial charge is 0.466 e. The molecule has 2 bridgehead atoms. The van der Waals surface area contributed by atoms with Gasteiger partial charge in [0.25, 0.3) is 5.91 Å². The molecule has 0 aromatic heterocycles. The van der Waals surface area contributed by atoms with E-state index in [0.29, 0.717) is 23.6 Å². The molecular weight excluding hydrogens is 600 g/mol. The summed E-state index contributed by atoms with van der Waals surface area (Å²) in [5.74, 6) is -3.07. The van der Waals surface area contributed by atoms with Crippen LogP contribution in [0.15, 0.2) is 67.3 Å². The van der Waals surface area contributed by atoms with E-state index in [0.717, 1.165) is 5.56 Å². The zero-order valence-electron chi connectivity index (χ0n) is 22.1. The molecule has 8 nitrogen and oxygen atoms in total. The van der Waals surface area contributed by atoms with Crippen LogP contribution in [0.3, 0.4) is 0 Å². The number of anilines is 1. The summed E-state index contributed by atoms with van der Waals surface area (Å²) in [6, 6.07) is 14.5. The molecule has 40 heavy (non-hydrogen) atoms. The van der Waals surface area contributed by atoms with Crippen LogP contribution in [0.1, 0.15) is 18.9 Å². The standard InChI is InChI=1S/C30H32BrClN2O6/c1-3-14-33(20-12-10-19(32)11-13-20)28(37)26-30-16-22(31)25(40-30)23(29(38)39-4-2)24(30)27(36)34(26)21(17-35)15-18-8-6-5-7-9-18/h3,5-13,21-26,35H,1,4,14-17H2,2H3/t21-,22?,23+,24-,25+,26+,30-/m1/s1. The molecule has 3 fully saturated rings. The van der Waals surface area contributed by atoms with E-state index in [2.05, 4.69) is 22.5 Å². The number of likely N-dealkylation sites (tertiary alicyclic amines) is 1. The fraction of sp³-hybridized carbons (Fsp3) is 0.433. The Morgan fingerprint density at radius 2 is 1.98 bits per heavy atom. The molecule has 0 aliphatic carbocycles. The highest BCUT2D eigenvalue weighted by atomic mass is 79.9. The minimum atomic E-state index is -1.28. The normalized spacial score (nSPS) is 29.2. The fourth-order valence-corrected chi connectivity index (χ4v) is 7.67. The summed E-state index contributed by atoms with van der Waals surface area (Å²) in [5.41, 5.74) is 0.205. The highest BCUT2D eigenvalue weighted by Crippen LogP contribution is 2.60. The van der Waals surface area contributed by atoms with Crippen LogP contribution in [0.4, 0.5) is 5.69 Å². The molecule has 3 aliphatic heterocycles. The molecule has 3 aliphatic rings. The average molecular weight is 632 g/mol. The van der Waals surface area contributed by atoms with Gasteiger partial charge in [-0.15, -0.1) is 6.58 Å². The number of hydrogen-bond acceptors (Lipinski definition) is 6. The summed E-state index contributed by atoms with van der Waals surface area (Å²) >= 11 is 9.78. The summed E-state index contributed by atoms with van der Waals surface area (Å²) in [4.78, 5) is 45.0. The van der Waals surface area contributed by atoms with E-state index < -0.39 is 41.6 Å². The summed E-state index contributed by atoms with van der Waals surface area (Å²) in [6.07, 6.45) is 1.67. The quantitative estimate of drug-likeness (QED) is 0.244. The zero-order valence-corrected chi connectivity index (χ0v) is 24.5. The van der Waals surface area contributed by atoms with E-state index in [1.807, 2.05) is 30.3 Å². The Kier molecular flexibility index (Phi) is 8.38. The van der Waals surface area contributed by atoms with Gasteiger partial charge in [0.2, 0.25) is 5.91 Å². The van der Waals surface area contributed by atoms with Gasteiger partial charge >= 0.3 is 5.97 Å². The molecule has 5 rings (SSSR count). The van der Waals surface area contributed by atoms with Crippen LogP contribution < -0.4 is 4.90 Å². The Morgan fingerprint density at radius 1 is 1.27 bits per heavy atom. The second-order valence-electron chi connectivity index (χ2n) is 10.4. The van der Waals surface area contributed by atoms with Crippen molar-refractivity contribution in [2.45, 2.75) is 48.4 Å². The van der Waals surface area contributed by atoms with E-state index in [-0.39, 0.29) is 36.4 Å². The van der Waals surface area contributed by atoms with E-state index >= 15 is 0 Å². The van der Waals surface area contributed by atoms with Crippen molar-refractivity contribution in [2.24, 2.45) is 11.8 Å². The number of benzene rings is 2. The monoisotopic (exact) mass is 630 g/mol. The first-order valence-corrected chi connectivity index (χ1v) is 14.7. The van der Waals surface area contributed by atoms with Gasteiger partial charge in [-0.2, -0.15) is 0 Å². The molecule has 7 atom stereocenters. The summed E-state index contributed by atoms with van der Waals surface area (Å²) in [5, 5.41) is 11.1. The van der Waals surface area contributed by atoms with E-state index in [9.17, 15) is 19.5 Å². The maximum atomic E-state index is 14.6. The first-order chi connectivity index (χ1) is 19.3. The Hall–Kier alpha value is -2.72. The third-order valence-electron chi connectivity index (χ3n) is 8.15. The number of nitrogens with zero attached hydrogens (tertiary/aromatic N) is 2. The number of hydrogen-bond donors (Lipinski definition) is 1. The van der Waals surface area contributed by atoms with Crippen LogP contribution in [0.5, 0.6) is 0 Å². The number of ether oxygens (including phenoxy) is 2. The second-order valence-corrected chi connectivity index (χ2v) is 12.0. The molecule has 10 heteroatoms. The van der Waals surface area contributed by atoms with Crippen LogP contribution in [-0.4, -0.2) is 76.2 Å². The molecule has 1 N–H and O–H groups in total. The molecule has 3 saturated heterocycles. The number of halogens is 2. The topological polar surface area (TPSA) is 96.4 Å². The first-order valence-electron chi connectivity index (χ1n) is 13.4. The van der Waals surface area contributed by atoms with Crippen molar-refractivity contribution in [1.82, 2.24) is 4.90 Å². The van der Waals surface area contributed by atoms with Crippen molar-refractivity contribution >= 4 is 51.0 Å². The van der Waals surface area contributed by atoms with Gasteiger partial charge in [-0.3, -0.25) is 14.4 Å². The lowest BCUT2D eigenvalue weighted by atomic mass is 9.70. The molecule has 1 unspecified atom stereocenters. The minimum absolute atomic E-state index is 0.159. The van der Waals surface area contributed by atoms with Gasteiger partial charge in [-0.1, -0.05) is 63.9 Å². The maximum Gasteiger partial charge on any atom is 0.312 e. The van der Waals surface area contributed by atoms with Crippen molar-refractivity contribution in [3.63, 3.8) is 0 Å². The van der Waals surface area contributed by atoms with Crippen LogP contribution in [0.2, 0.25) is 5.02 Å². The van der Waals surface area contributed by atoms with Crippen molar-refractivity contribution in [1.29, 1.82) is 0 Å². The van der Waals surface area contributed by atoms with Crippen molar-refractivity contribution in [3.05, 3.63) is 77.8 Å². The van der Waals surface area contributed by atoms with E-state index in [4.69, 9.17) is 21.1 Å². The van der Waals surface area contributed by atoms with Crippen LogP contribution in [0, 0.1) is 11.8 Å². The molecular formula is C30H32BrClN2O6. The number of fused-ring (bicyclic) bond motifs is 1. The molecule has 2 aromatic rings. The maximum absolute atomic E-state index is 14.6. The number of aliphatic hydroxyl groups is 1. The van der Waals surface area contributed by atoms with Gasteiger partial charge in [0.05, 0.1) is 37.2 Å². The van der Waals surface area contributed by atoms with Crippen molar-refractivity contribution < 1.29 is 29.0 Å². The third-order valence-corrected chi connectivity index (χ3v) is 9.25. The zero-order chi connectivity index (χ0) is 28.6. The Bertz CT molecular complexity index is 1280. The average Bonchev–Trinajstić information content (AvgIpc) is 3.54. The van der Waals surface area contributed by atoms with Gasteiger partial charge < -0.3 is 24.4 Å². The Morgan fingerprint density at radius 3 is 2.60 bits per heavy atom. The smallest absolute Gasteiger partial charge is 0.312 e. The molecule has 2 aromatic carbocycles. The van der Waals surface area contributed by atoms with Gasteiger partial charge in [0.1, 0.15) is 11.6 Å². The highest BCUT2D eigenvalue weighted by molar-refractivity contribution is 9.09. The SMILES string of the molecule is C=CCN(C(=O)[C@@H]1N([C@@H](CO)Cc2ccccc2)C(=O)[C@H]2[C@H](C(=O)OCC)[C@H]3O[C@@]12CC3Br)c1ccc(Cl)cc1. The molecule has 1 spiro atoms. The number of esters is 1. The number of carbonyl (C=O) groups excluding carboxylic acids is 3. The molecule has 0 saturated carbocycles. The number of rotatable bonds is 10. The lowest BCUT2D eigenvalue weighted by Crippen LogP contribution is -2.59. The highest BCUT2D eigenvalue weighted by Gasteiger charge is 2.77. The van der Waals surface area contributed by atoms with Crippen LogP contribution in [-0.2, 0) is 30.3 Å². The Labute approximate surface area is 247 Å². The fourth-order valence-electron chi connectivity index (χ4n) is 6.61. The van der Waals surface area contributed by atoms with Gasteiger partial charge in [0, 0.05) is 22.1 Å². The van der Waals surface area contributed by atoms with Crippen LogP contribution in [0.25, 0.3) is 0 Å². The van der Waals surface area contributed by atoms with Gasteiger partial charge in [0.15, 0.2) is 0 Å². The van der Waals surface area contributed by atoms with Gasteiger partial charge in [-0.05, 0) is 49.6 Å². The summed E-state index contributed by atoms with van der Waals surface area (Å²) in [7, 11) is 0. The second kappa shape index (κ2) is 11.6. The molecule has 3 heterocycles. The third kappa shape index (κ3) is 4.76. The number of carbonyl (C=O) groups is 3. The molecule has 0 radical (unpaired) electrons. The minimum Gasteiger partial charge on any atom is -0.466 e. The van der Waals surface area contributed by atoms with Crippen LogP contribution >= 0.6 is 27.5 Å². The Balaban J connectivity index is 1.62. The molecule has 212 valence electrons. The van der Waals surface area contributed by atoms with Gasteiger partial charge in [-0.25, -0.2) is 0 Å². The summed E-state index contributed by atoms with van der Waals surface area (Å²) in [6.45, 7) is 5.50. The van der Waals surface area contributed by atoms with Crippen molar-refractivity contribution in [3.8, 4) is 0 Å². The predicted molar refractivity (Wildman–Crippen MR) is 154 cm³/mol. The predicted octanol–water partition coefficient (Wildman–Crippen LogP) is 3.77. The lowest BCUT2D eigenvalue weighted by Gasteiger charge is -2.39. The number of aliphatic hydroxyl groups excluding tert-OH is 1. The first kappa shape index (κ1) is 28.8. The summed E-state index contributed by atoms with van der Waals surface area (Å²) < 4.78 is 11.9.